The van der Waals surface area contributed by atoms with Gasteiger partial charge in [-0.25, -0.2) is 9.98 Å². The molecule has 0 saturated heterocycles. The zero-order valence-electron chi connectivity index (χ0n) is 30.0. The second-order valence-corrected chi connectivity index (χ2v) is 15.6. The summed E-state index contributed by atoms with van der Waals surface area (Å²) < 4.78 is 8.81. The van der Waals surface area contributed by atoms with Crippen LogP contribution in [0.4, 0.5) is 0 Å². The predicted octanol–water partition coefficient (Wildman–Crippen LogP) is 13.6. The summed E-state index contributed by atoms with van der Waals surface area (Å²) in [4.78, 5) is 10.7. The molecule has 11 aromatic rings. The van der Waals surface area contributed by atoms with Crippen LogP contribution in [-0.4, -0.2) is 11.7 Å². The van der Waals surface area contributed by atoms with Crippen molar-refractivity contribution in [2.75, 3.05) is 0 Å². The Morgan fingerprint density at radius 3 is 2.05 bits per heavy atom. The van der Waals surface area contributed by atoms with Crippen molar-refractivity contribution in [3.63, 3.8) is 0 Å². The van der Waals surface area contributed by atoms with E-state index in [1.54, 1.807) is 0 Å². The van der Waals surface area contributed by atoms with E-state index in [1.165, 1.54) is 58.1 Å². The zero-order chi connectivity index (χ0) is 36.7. The maximum Gasteiger partial charge on any atom is 0.160 e. The number of rotatable bonds is 4. The monoisotopic (exact) mass is 733 g/mol. The van der Waals surface area contributed by atoms with E-state index in [0.717, 1.165) is 50.0 Å². The SMILES string of the molecule is c1ccc2c(c1)cc(-c1ccc(C3=NC(c4cccc5sc6ccccc6c45)=NC(c4cccc5oc6ccccc6c45)N3)cc1)c1c3ccccc3ccc21. The van der Waals surface area contributed by atoms with Crippen LogP contribution >= 0.6 is 11.3 Å². The smallest absolute Gasteiger partial charge is 0.160 e. The van der Waals surface area contributed by atoms with Crippen molar-refractivity contribution in [2.24, 2.45) is 9.98 Å². The highest BCUT2D eigenvalue weighted by atomic mass is 32.1. The van der Waals surface area contributed by atoms with E-state index in [-0.39, 0.29) is 0 Å². The number of hydrogen-bond donors (Lipinski definition) is 1. The third-order valence-electron chi connectivity index (χ3n) is 11.3. The van der Waals surface area contributed by atoms with Crippen LogP contribution in [0.5, 0.6) is 0 Å². The fourth-order valence-corrected chi connectivity index (χ4v) is 9.92. The standard InChI is InChI=1S/C51H31N3OS/c1-4-14-35-30(11-1)27-28-36-34-13-3-2-12-33(34)29-41(46(35)36)31-23-25-32(26-24-31)49-52-50(39-17-9-20-43-47(39)37-15-5-7-19-42(37)55-43)54-51(53-49)40-18-10-22-45-48(40)38-16-6-8-21-44(38)56-45/h1-29,50H,(H,52,53,54). The Kier molecular flexibility index (Phi) is 6.83. The van der Waals surface area contributed by atoms with Crippen molar-refractivity contribution in [3.8, 4) is 11.1 Å². The van der Waals surface area contributed by atoms with Crippen LogP contribution in [0, 0.1) is 0 Å². The molecule has 0 saturated carbocycles. The van der Waals surface area contributed by atoms with Crippen molar-refractivity contribution in [3.05, 3.63) is 193 Å². The minimum absolute atomic E-state index is 0.405. The Labute approximate surface area is 325 Å². The van der Waals surface area contributed by atoms with Gasteiger partial charge >= 0.3 is 0 Å². The molecule has 0 amide bonds. The van der Waals surface area contributed by atoms with E-state index in [2.05, 4.69) is 163 Å². The van der Waals surface area contributed by atoms with Gasteiger partial charge in [-0.1, -0.05) is 146 Å². The highest BCUT2D eigenvalue weighted by molar-refractivity contribution is 7.25. The summed E-state index contributed by atoms with van der Waals surface area (Å²) in [5.41, 5.74) is 7.15. The zero-order valence-corrected chi connectivity index (χ0v) is 30.8. The number of hydrogen-bond acceptors (Lipinski definition) is 5. The number of nitrogens with one attached hydrogen (secondary N) is 1. The second kappa shape index (κ2) is 12.2. The summed E-state index contributed by atoms with van der Waals surface area (Å²) in [5.74, 6) is 1.49. The maximum absolute atomic E-state index is 6.34. The van der Waals surface area contributed by atoms with Gasteiger partial charge in [-0.3, -0.25) is 0 Å². The number of benzene rings is 9. The van der Waals surface area contributed by atoms with Crippen LogP contribution in [0.15, 0.2) is 190 Å². The number of fused-ring (bicyclic) bond motifs is 11. The largest absolute Gasteiger partial charge is 0.456 e. The van der Waals surface area contributed by atoms with Gasteiger partial charge in [0.1, 0.15) is 23.2 Å². The first kappa shape index (κ1) is 31.3. The molecule has 9 aromatic carbocycles. The van der Waals surface area contributed by atoms with Gasteiger partial charge in [0.15, 0.2) is 5.84 Å². The van der Waals surface area contributed by atoms with Crippen molar-refractivity contribution >= 4 is 97.4 Å². The lowest BCUT2D eigenvalue weighted by atomic mass is 9.90. The molecule has 0 spiro atoms. The molecule has 1 N–H and O–H groups in total. The Bertz CT molecular complexity index is 3460. The van der Waals surface area contributed by atoms with Crippen molar-refractivity contribution in [2.45, 2.75) is 6.17 Å². The van der Waals surface area contributed by atoms with Gasteiger partial charge in [-0.05, 0) is 73.8 Å². The minimum atomic E-state index is -0.405. The number of nitrogens with zero attached hydrogens (tertiary/aromatic N) is 2. The minimum Gasteiger partial charge on any atom is -0.456 e. The lowest BCUT2D eigenvalue weighted by Crippen LogP contribution is -2.33. The topological polar surface area (TPSA) is 49.9 Å². The number of amidine groups is 2. The number of furan rings is 1. The van der Waals surface area contributed by atoms with Crippen LogP contribution in [0.2, 0.25) is 0 Å². The first-order chi connectivity index (χ1) is 27.7. The summed E-state index contributed by atoms with van der Waals surface area (Å²) in [7, 11) is 0. The van der Waals surface area contributed by atoms with Crippen LogP contribution in [0.25, 0.3) is 85.6 Å². The molecule has 0 fully saturated rings. The molecule has 0 aliphatic carbocycles. The Balaban J connectivity index is 1.04. The number of para-hydroxylation sites is 1. The summed E-state index contributed by atoms with van der Waals surface area (Å²) in [6, 6.07) is 62.7. The lowest BCUT2D eigenvalue weighted by molar-refractivity contribution is 0.662. The molecule has 56 heavy (non-hydrogen) atoms. The van der Waals surface area contributed by atoms with Gasteiger partial charge in [-0.15, -0.1) is 11.3 Å². The first-order valence-corrected chi connectivity index (χ1v) is 19.7. The van der Waals surface area contributed by atoms with Crippen LogP contribution in [0.3, 0.4) is 0 Å². The molecule has 1 atom stereocenters. The van der Waals surface area contributed by atoms with Gasteiger partial charge in [-0.2, -0.15) is 0 Å². The van der Waals surface area contributed by atoms with Crippen molar-refractivity contribution in [1.82, 2.24) is 5.32 Å². The van der Waals surface area contributed by atoms with Crippen LogP contribution < -0.4 is 5.32 Å². The molecule has 3 heterocycles. The van der Waals surface area contributed by atoms with Crippen LogP contribution in [0.1, 0.15) is 22.9 Å². The molecule has 0 bridgehead atoms. The molecule has 1 aliphatic heterocycles. The van der Waals surface area contributed by atoms with E-state index in [4.69, 9.17) is 14.4 Å². The quantitative estimate of drug-likeness (QED) is 0.183. The van der Waals surface area contributed by atoms with Crippen molar-refractivity contribution < 1.29 is 4.42 Å². The molecule has 4 nitrogen and oxygen atoms in total. The van der Waals surface area contributed by atoms with Gasteiger partial charge in [0.25, 0.3) is 0 Å². The van der Waals surface area contributed by atoms with Gasteiger partial charge in [0.2, 0.25) is 0 Å². The maximum atomic E-state index is 6.34. The molecule has 12 rings (SSSR count). The molecule has 0 radical (unpaired) electrons. The predicted molar refractivity (Wildman–Crippen MR) is 236 cm³/mol. The molecular formula is C51H31N3OS. The molecule has 262 valence electrons. The molecular weight excluding hydrogens is 703 g/mol. The molecule has 1 unspecified atom stereocenters. The van der Waals surface area contributed by atoms with E-state index in [1.807, 2.05) is 29.5 Å². The summed E-state index contributed by atoms with van der Waals surface area (Å²) in [6.07, 6.45) is -0.405. The van der Waals surface area contributed by atoms with Gasteiger partial charge in [0.05, 0.1) is 0 Å². The third-order valence-corrected chi connectivity index (χ3v) is 12.5. The third kappa shape index (κ3) is 4.78. The molecule has 1 aliphatic rings. The summed E-state index contributed by atoms with van der Waals surface area (Å²) in [5, 5.41) is 15.8. The van der Waals surface area contributed by atoms with E-state index >= 15 is 0 Å². The van der Waals surface area contributed by atoms with Gasteiger partial charge in [0, 0.05) is 47.6 Å². The normalized spacial score (nSPS) is 14.6. The average Bonchev–Trinajstić information content (AvgIpc) is 3.85. The fourth-order valence-electron chi connectivity index (χ4n) is 8.78. The van der Waals surface area contributed by atoms with E-state index in [0.29, 0.717) is 5.84 Å². The first-order valence-electron chi connectivity index (χ1n) is 18.9. The Morgan fingerprint density at radius 2 is 1.16 bits per heavy atom. The van der Waals surface area contributed by atoms with Crippen molar-refractivity contribution in [1.29, 1.82) is 0 Å². The average molecular weight is 734 g/mol. The lowest BCUT2D eigenvalue weighted by Gasteiger charge is -2.24. The van der Waals surface area contributed by atoms with E-state index in [9.17, 15) is 0 Å². The number of aliphatic imine (C=N–C) groups is 2. The molecule has 5 heteroatoms. The Hall–Kier alpha value is -7.08. The highest BCUT2D eigenvalue weighted by Gasteiger charge is 2.26. The van der Waals surface area contributed by atoms with E-state index < -0.39 is 6.17 Å². The van der Waals surface area contributed by atoms with Crippen LogP contribution in [-0.2, 0) is 0 Å². The summed E-state index contributed by atoms with van der Waals surface area (Å²) in [6.45, 7) is 0. The second-order valence-electron chi connectivity index (χ2n) is 14.5. The molecule has 2 aromatic heterocycles. The summed E-state index contributed by atoms with van der Waals surface area (Å²) >= 11 is 1.81. The Morgan fingerprint density at radius 1 is 0.464 bits per heavy atom. The van der Waals surface area contributed by atoms with Gasteiger partial charge < -0.3 is 9.73 Å². The highest BCUT2D eigenvalue weighted by Crippen LogP contribution is 2.41. The fraction of sp³-hybridized carbons (Fsp3) is 0.0196. The number of thiophene rings is 1.